The largest absolute Gasteiger partial charge is 0.319 e. The lowest BCUT2D eigenvalue weighted by Crippen LogP contribution is -2.13. The Morgan fingerprint density at radius 2 is 2.00 bits per heavy atom. The third-order valence-electron chi connectivity index (χ3n) is 3.36. The second-order valence-corrected chi connectivity index (χ2v) is 5.40. The highest BCUT2D eigenvalue weighted by molar-refractivity contribution is 6.05. The van der Waals surface area contributed by atoms with Crippen LogP contribution < -0.4 is 5.32 Å². The average molecular weight is 316 g/mol. The third kappa shape index (κ3) is 2.90. The summed E-state index contributed by atoms with van der Waals surface area (Å²) in [6, 6.07) is 4.74. The maximum absolute atomic E-state index is 13.6. The molecule has 23 heavy (non-hydrogen) atoms. The number of hydrogen-bond donors (Lipinski definition) is 1. The zero-order valence-corrected chi connectivity index (χ0v) is 12.5. The first-order chi connectivity index (χ1) is 11.0. The van der Waals surface area contributed by atoms with Gasteiger partial charge in [-0.2, -0.15) is 5.10 Å². The molecule has 0 spiro atoms. The standard InChI is InChI=1S/C16H14F2N4O/c1-9(2)22-15-10(8-20-22)5-11(7-19-15)16(23)21-14-4-3-12(17)6-13(14)18/h3-9H,1-2H3,(H,21,23). The molecule has 0 bridgehead atoms. The molecule has 118 valence electrons. The minimum atomic E-state index is -0.833. The smallest absolute Gasteiger partial charge is 0.257 e. The van der Waals surface area contributed by atoms with E-state index in [2.05, 4.69) is 15.4 Å². The van der Waals surface area contributed by atoms with Crippen molar-refractivity contribution in [1.29, 1.82) is 0 Å². The Labute approximate surface area is 130 Å². The number of nitrogens with zero attached hydrogens (tertiary/aromatic N) is 3. The fraction of sp³-hybridized carbons (Fsp3) is 0.188. The van der Waals surface area contributed by atoms with E-state index in [-0.39, 0.29) is 17.3 Å². The zero-order chi connectivity index (χ0) is 16.6. The van der Waals surface area contributed by atoms with Crippen molar-refractivity contribution in [2.75, 3.05) is 5.32 Å². The van der Waals surface area contributed by atoms with Gasteiger partial charge in [-0.3, -0.25) is 4.79 Å². The van der Waals surface area contributed by atoms with Gasteiger partial charge in [-0.05, 0) is 32.0 Å². The SMILES string of the molecule is CC(C)n1ncc2cc(C(=O)Nc3ccc(F)cc3F)cnc21. The molecule has 0 unspecified atom stereocenters. The molecule has 0 fully saturated rings. The van der Waals surface area contributed by atoms with Gasteiger partial charge in [0.05, 0.1) is 17.4 Å². The van der Waals surface area contributed by atoms with Gasteiger partial charge in [0, 0.05) is 23.7 Å². The fourth-order valence-corrected chi connectivity index (χ4v) is 2.23. The lowest BCUT2D eigenvalue weighted by molar-refractivity contribution is 0.102. The van der Waals surface area contributed by atoms with Crippen LogP contribution in [0.5, 0.6) is 0 Å². The van der Waals surface area contributed by atoms with E-state index >= 15 is 0 Å². The van der Waals surface area contributed by atoms with Crippen LogP contribution in [0.25, 0.3) is 11.0 Å². The van der Waals surface area contributed by atoms with Gasteiger partial charge < -0.3 is 5.32 Å². The summed E-state index contributed by atoms with van der Waals surface area (Å²) in [4.78, 5) is 16.4. The summed E-state index contributed by atoms with van der Waals surface area (Å²) < 4.78 is 28.2. The number of carbonyl (C=O) groups excluding carboxylic acids is 1. The lowest BCUT2D eigenvalue weighted by atomic mass is 10.2. The number of benzene rings is 1. The van der Waals surface area contributed by atoms with Gasteiger partial charge in [-0.1, -0.05) is 0 Å². The van der Waals surface area contributed by atoms with E-state index < -0.39 is 17.5 Å². The fourth-order valence-electron chi connectivity index (χ4n) is 2.23. The first-order valence-corrected chi connectivity index (χ1v) is 7.05. The van der Waals surface area contributed by atoms with E-state index in [9.17, 15) is 13.6 Å². The Hall–Kier alpha value is -2.83. The number of nitrogens with one attached hydrogen (secondary N) is 1. The van der Waals surface area contributed by atoms with Gasteiger partial charge >= 0.3 is 0 Å². The molecule has 5 nitrogen and oxygen atoms in total. The summed E-state index contributed by atoms with van der Waals surface area (Å²) in [6.45, 7) is 3.96. The van der Waals surface area contributed by atoms with Crippen molar-refractivity contribution in [3.63, 3.8) is 0 Å². The van der Waals surface area contributed by atoms with Gasteiger partial charge in [0.1, 0.15) is 11.6 Å². The number of hydrogen-bond acceptors (Lipinski definition) is 3. The summed E-state index contributed by atoms with van der Waals surface area (Å²) in [5.74, 6) is -2.06. The van der Waals surface area contributed by atoms with Crippen molar-refractivity contribution in [2.45, 2.75) is 19.9 Å². The van der Waals surface area contributed by atoms with Crippen LogP contribution in [0.3, 0.4) is 0 Å². The van der Waals surface area contributed by atoms with Crippen LogP contribution in [-0.4, -0.2) is 20.7 Å². The van der Waals surface area contributed by atoms with Crippen LogP contribution in [0.2, 0.25) is 0 Å². The number of anilines is 1. The molecule has 1 amide bonds. The minimum absolute atomic E-state index is 0.0885. The first-order valence-electron chi connectivity index (χ1n) is 7.05. The third-order valence-corrected chi connectivity index (χ3v) is 3.36. The lowest BCUT2D eigenvalue weighted by Gasteiger charge is -2.08. The normalized spacial score (nSPS) is 11.2. The molecule has 0 atom stereocenters. The monoisotopic (exact) mass is 316 g/mol. The van der Waals surface area contributed by atoms with Crippen LogP contribution in [0.15, 0.2) is 36.7 Å². The molecule has 0 aliphatic carbocycles. The molecular formula is C16H14F2N4O. The molecule has 0 saturated heterocycles. The maximum Gasteiger partial charge on any atom is 0.257 e. The van der Waals surface area contributed by atoms with Gasteiger partial charge in [0.15, 0.2) is 5.65 Å². The second-order valence-electron chi connectivity index (χ2n) is 5.40. The molecule has 0 aliphatic rings. The molecule has 3 aromatic rings. The van der Waals surface area contributed by atoms with Gasteiger partial charge in [0.2, 0.25) is 0 Å². The van der Waals surface area contributed by atoms with Crippen molar-refractivity contribution in [1.82, 2.24) is 14.8 Å². The van der Waals surface area contributed by atoms with E-state index in [0.29, 0.717) is 17.1 Å². The topological polar surface area (TPSA) is 59.8 Å². The van der Waals surface area contributed by atoms with Crippen LogP contribution in [0, 0.1) is 11.6 Å². The van der Waals surface area contributed by atoms with Crippen molar-refractivity contribution in [3.05, 3.63) is 53.9 Å². The quantitative estimate of drug-likeness (QED) is 0.804. The maximum atomic E-state index is 13.6. The Kier molecular flexibility index (Phi) is 3.77. The van der Waals surface area contributed by atoms with Gasteiger partial charge in [-0.15, -0.1) is 0 Å². The molecule has 3 rings (SSSR count). The number of amides is 1. The Balaban J connectivity index is 1.89. The average Bonchev–Trinajstić information content (AvgIpc) is 2.93. The van der Waals surface area contributed by atoms with Crippen LogP contribution >= 0.6 is 0 Å². The van der Waals surface area contributed by atoms with Crippen LogP contribution in [-0.2, 0) is 0 Å². The number of pyridine rings is 1. The van der Waals surface area contributed by atoms with Crippen LogP contribution in [0.4, 0.5) is 14.5 Å². The van der Waals surface area contributed by atoms with E-state index in [4.69, 9.17) is 0 Å². The molecule has 1 aromatic carbocycles. The van der Waals surface area contributed by atoms with Crippen LogP contribution in [0.1, 0.15) is 30.2 Å². The summed E-state index contributed by atoms with van der Waals surface area (Å²) in [7, 11) is 0. The zero-order valence-electron chi connectivity index (χ0n) is 12.5. The van der Waals surface area contributed by atoms with E-state index in [1.54, 1.807) is 16.9 Å². The molecule has 0 saturated carbocycles. The summed E-state index contributed by atoms with van der Waals surface area (Å²) in [5.41, 5.74) is 0.850. The van der Waals surface area contributed by atoms with Crippen molar-refractivity contribution >= 4 is 22.6 Å². The van der Waals surface area contributed by atoms with E-state index in [1.165, 1.54) is 12.3 Å². The predicted molar refractivity (Wildman–Crippen MR) is 82.2 cm³/mol. The Morgan fingerprint density at radius 1 is 1.22 bits per heavy atom. The summed E-state index contributed by atoms with van der Waals surface area (Å²) >= 11 is 0. The minimum Gasteiger partial charge on any atom is -0.319 e. The molecule has 0 aliphatic heterocycles. The van der Waals surface area contributed by atoms with Crippen molar-refractivity contribution in [2.24, 2.45) is 0 Å². The molecule has 7 heteroatoms. The van der Waals surface area contributed by atoms with Crippen molar-refractivity contribution in [3.8, 4) is 0 Å². The van der Waals surface area contributed by atoms with Gasteiger partial charge in [-0.25, -0.2) is 18.4 Å². The highest BCUT2D eigenvalue weighted by atomic mass is 19.1. The number of aromatic nitrogens is 3. The highest BCUT2D eigenvalue weighted by Gasteiger charge is 2.13. The molecule has 2 heterocycles. The Morgan fingerprint density at radius 3 is 2.70 bits per heavy atom. The second kappa shape index (κ2) is 5.75. The first kappa shape index (κ1) is 15.1. The molecule has 1 N–H and O–H groups in total. The van der Waals surface area contributed by atoms with E-state index in [1.807, 2.05) is 13.8 Å². The highest BCUT2D eigenvalue weighted by Crippen LogP contribution is 2.19. The number of halogens is 2. The summed E-state index contributed by atoms with van der Waals surface area (Å²) in [6.07, 6.45) is 3.03. The summed E-state index contributed by atoms with van der Waals surface area (Å²) in [5, 5.41) is 7.34. The van der Waals surface area contributed by atoms with Crippen molar-refractivity contribution < 1.29 is 13.6 Å². The predicted octanol–water partition coefficient (Wildman–Crippen LogP) is 3.54. The number of rotatable bonds is 3. The molecule has 0 radical (unpaired) electrons. The molecule has 2 aromatic heterocycles. The van der Waals surface area contributed by atoms with E-state index in [0.717, 1.165) is 6.07 Å². The molecular weight excluding hydrogens is 302 g/mol. The number of fused-ring (bicyclic) bond motifs is 1. The Bertz CT molecular complexity index is 889. The number of carbonyl (C=O) groups is 1. The van der Waals surface area contributed by atoms with Gasteiger partial charge in [0.25, 0.3) is 5.91 Å².